The number of nitriles is 2. The fraction of sp³-hybridized carbons (Fsp3) is 0.292. The van der Waals surface area contributed by atoms with Crippen molar-refractivity contribution in [3.8, 4) is 23.4 Å². The lowest BCUT2D eigenvalue weighted by Gasteiger charge is -2.23. The van der Waals surface area contributed by atoms with Crippen molar-refractivity contribution in [1.82, 2.24) is 19.0 Å². The Morgan fingerprint density at radius 1 is 1.22 bits per heavy atom. The molecule has 0 spiro atoms. The van der Waals surface area contributed by atoms with E-state index >= 15 is 0 Å². The number of imidazole rings is 1. The molecule has 8 nitrogen and oxygen atoms in total. The highest BCUT2D eigenvalue weighted by atomic mass is 16.2. The van der Waals surface area contributed by atoms with Gasteiger partial charge in [-0.05, 0) is 43.0 Å². The van der Waals surface area contributed by atoms with Gasteiger partial charge in [-0.2, -0.15) is 15.6 Å². The number of hydrogen-bond donors (Lipinski definition) is 0. The average molecular weight is 421 g/mol. The Morgan fingerprint density at radius 3 is 2.81 bits per heavy atom. The van der Waals surface area contributed by atoms with Crippen molar-refractivity contribution in [2.45, 2.75) is 19.8 Å². The molecule has 4 aromatic rings. The molecule has 2 fully saturated rings. The molecule has 0 unspecified atom stereocenters. The van der Waals surface area contributed by atoms with Crippen LogP contribution in [0.15, 0.2) is 49.1 Å². The molecule has 0 bridgehead atoms. The monoisotopic (exact) mass is 421 g/mol. The van der Waals surface area contributed by atoms with Crippen molar-refractivity contribution < 1.29 is 4.79 Å². The van der Waals surface area contributed by atoms with Gasteiger partial charge in [0.2, 0.25) is 5.91 Å². The molecule has 6 rings (SSSR count). The second-order valence-electron chi connectivity index (χ2n) is 8.75. The van der Waals surface area contributed by atoms with Gasteiger partial charge in [-0.3, -0.25) is 9.20 Å². The maximum absolute atomic E-state index is 13.5. The summed E-state index contributed by atoms with van der Waals surface area (Å²) in [5.74, 6) is 0.0459. The van der Waals surface area contributed by atoms with Crippen LogP contribution >= 0.6 is 0 Å². The van der Waals surface area contributed by atoms with Crippen molar-refractivity contribution in [3.05, 3.63) is 54.6 Å². The number of pyridine rings is 1. The largest absolute Gasteiger partial charge is 0.309 e. The number of hydrogen-bond acceptors (Lipinski definition) is 5. The van der Waals surface area contributed by atoms with Crippen LogP contribution in [0.1, 0.15) is 25.3 Å². The SMILES string of the molecule is C[C@@H]1CN(c2ccnn3cc(-c4cnc5cc(C#N)ccn45)cc23)C(=O)[C@]1(C#N)C1CC1. The minimum absolute atomic E-state index is 0.0248. The van der Waals surface area contributed by atoms with E-state index in [0.29, 0.717) is 17.8 Å². The van der Waals surface area contributed by atoms with Gasteiger partial charge in [0.05, 0.1) is 40.8 Å². The van der Waals surface area contributed by atoms with Gasteiger partial charge in [0.1, 0.15) is 11.1 Å². The van der Waals surface area contributed by atoms with Crippen LogP contribution in [0.2, 0.25) is 0 Å². The van der Waals surface area contributed by atoms with E-state index in [1.165, 1.54) is 0 Å². The molecule has 1 saturated carbocycles. The molecule has 0 N–H and O–H groups in total. The smallest absolute Gasteiger partial charge is 0.248 e. The molecule has 1 aliphatic heterocycles. The van der Waals surface area contributed by atoms with Gasteiger partial charge < -0.3 is 4.90 Å². The lowest BCUT2D eigenvalue weighted by atomic mass is 9.75. The highest BCUT2D eigenvalue weighted by Crippen LogP contribution is 2.54. The Balaban J connectivity index is 1.46. The molecular formula is C24H19N7O. The minimum atomic E-state index is -0.921. The van der Waals surface area contributed by atoms with E-state index in [0.717, 1.165) is 35.3 Å². The van der Waals surface area contributed by atoms with E-state index in [4.69, 9.17) is 5.26 Å². The number of fused-ring (bicyclic) bond motifs is 2. The van der Waals surface area contributed by atoms with Crippen LogP contribution in [0.4, 0.5) is 5.69 Å². The van der Waals surface area contributed by atoms with Gasteiger partial charge in [-0.1, -0.05) is 6.92 Å². The van der Waals surface area contributed by atoms with E-state index in [-0.39, 0.29) is 17.7 Å². The second-order valence-corrected chi connectivity index (χ2v) is 8.75. The number of carbonyl (C=O) groups excluding carboxylic acids is 1. The van der Waals surface area contributed by atoms with Gasteiger partial charge in [0, 0.05) is 36.6 Å². The lowest BCUT2D eigenvalue weighted by Crippen LogP contribution is -2.37. The zero-order valence-electron chi connectivity index (χ0n) is 17.4. The first-order valence-corrected chi connectivity index (χ1v) is 10.6. The average Bonchev–Trinajstić information content (AvgIpc) is 3.33. The summed E-state index contributed by atoms with van der Waals surface area (Å²) < 4.78 is 3.68. The zero-order chi connectivity index (χ0) is 22.0. The van der Waals surface area contributed by atoms with E-state index in [1.54, 1.807) is 33.9 Å². The van der Waals surface area contributed by atoms with Crippen molar-refractivity contribution in [2.24, 2.45) is 17.3 Å². The van der Waals surface area contributed by atoms with E-state index < -0.39 is 5.41 Å². The van der Waals surface area contributed by atoms with Gasteiger partial charge in [0.15, 0.2) is 0 Å². The topological polar surface area (TPSA) is 102 Å². The number of rotatable bonds is 3. The third kappa shape index (κ3) is 2.38. The van der Waals surface area contributed by atoms with Crippen LogP contribution in [-0.4, -0.2) is 31.5 Å². The van der Waals surface area contributed by atoms with Gasteiger partial charge in [-0.15, -0.1) is 0 Å². The van der Waals surface area contributed by atoms with E-state index in [2.05, 4.69) is 22.2 Å². The highest BCUT2D eigenvalue weighted by molar-refractivity contribution is 6.05. The van der Waals surface area contributed by atoms with Crippen LogP contribution in [0, 0.1) is 39.9 Å². The summed E-state index contributed by atoms with van der Waals surface area (Å²) >= 11 is 0. The Hall–Kier alpha value is -4.17. The van der Waals surface area contributed by atoms with Crippen LogP contribution in [0.3, 0.4) is 0 Å². The normalized spacial score (nSPS) is 23.0. The quantitative estimate of drug-likeness (QED) is 0.504. The highest BCUT2D eigenvalue weighted by Gasteiger charge is 2.61. The summed E-state index contributed by atoms with van der Waals surface area (Å²) in [6.45, 7) is 2.53. The van der Waals surface area contributed by atoms with Crippen LogP contribution in [0.25, 0.3) is 22.4 Å². The third-order valence-electron chi connectivity index (χ3n) is 6.95. The van der Waals surface area contributed by atoms with Crippen LogP contribution in [0.5, 0.6) is 0 Å². The molecular weight excluding hydrogens is 402 g/mol. The molecule has 32 heavy (non-hydrogen) atoms. The Labute approximate surface area is 183 Å². The Bertz CT molecular complexity index is 1500. The molecule has 1 saturated heterocycles. The van der Waals surface area contributed by atoms with Crippen molar-refractivity contribution in [1.29, 1.82) is 10.5 Å². The van der Waals surface area contributed by atoms with Gasteiger partial charge in [0.25, 0.3) is 0 Å². The molecule has 1 amide bonds. The van der Waals surface area contributed by atoms with Crippen molar-refractivity contribution in [3.63, 3.8) is 0 Å². The number of carbonyl (C=O) groups is 1. The molecule has 8 heteroatoms. The molecule has 2 aliphatic rings. The van der Waals surface area contributed by atoms with Gasteiger partial charge >= 0.3 is 0 Å². The molecule has 2 atom stereocenters. The van der Waals surface area contributed by atoms with Crippen molar-refractivity contribution in [2.75, 3.05) is 11.4 Å². The predicted octanol–water partition coefficient (Wildman–Crippen LogP) is 3.42. The van der Waals surface area contributed by atoms with E-state index in [1.807, 2.05) is 35.9 Å². The maximum atomic E-state index is 13.5. The minimum Gasteiger partial charge on any atom is -0.309 e. The zero-order valence-corrected chi connectivity index (χ0v) is 17.4. The summed E-state index contributed by atoms with van der Waals surface area (Å²) in [4.78, 5) is 19.7. The number of anilines is 1. The van der Waals surface area contributed by atoms with Crippen LogP contribution < -0.4 is 4.90 Å². The Morgan fingerprint density at radius 2 is 2.06 bits per heavy atom. The third-order valence-corrected chi connectivity index (χ3v) is 6.95. The summed E-state index contributed by atoms with van der Waals surface area (Å²) in [6.07, 6.45) is 9.07. The van der Waals surface area contributed by atoms with Crippen molar-refractivity contribution >= 4 is 22.8 Å². The number of amides is 1. The molecule has 0 radical (unpaired) electrons. The first-order valence-electron chi connectivity index (χ1n) is 10.6. The second kappa shape index (κ2) is 6.41. The predicted molar refractivity (Wildman–Crippen MR) is 116 cm³/mol. The standard InChI is InChI=1S/C24H19N7O/c1-15-12-30(23(32)24(15,14-26)18-2-3-18)19-4-6-28-31-13-17(9-20(19)31)21-11-27-22-8-16(10-25)5-7-29(21)22/h4-9,11,13,15,18H,2-3,12H2,1H3/t15-,24+/m1/s1. The molecule has 0 aromatic carbocycles. The number of nitrogens with zero attached hydrogens (tertiary/aromatic N) is 7. The molecule has 1 aliphatic carbocycles. The maximum Gasteiger partial charge on any atom is 0.248 e. The first-order chi connectivity index (χ1) is 15.6. The summed E-state index contributed by atoms with van der Waals surface area (Å²) in [5.41, 5.74) is 3.66. The Kier molecular flexibility index (Phi) is 3.73. The first kappa shape index (κ1) is 18.6. The summed E-state index contributed by atoms with van der Waals surface area (Å²) in [5, 5.41) is 23.5. The number of aromatic nitrogens is 4. The summed E-state index contributed by atoms with van der Waals surface area (Å²) in [6, 6.07) is 11.9. The summed E-state index contributed by atoms with van der Waals surface area (Å²) in [7, 11) is 0. The fourth-order valence-corrected chi connectivity index (χ4v) is 5.14. The molecule has 156 valence electrons. The fourth-order valence-electron chi connectivity index (χ4n) is 5.14. The molecule has 4 aromatic heterocycles. The molecule has 5 heterocycles. The van der Waals surface area contributed by atoms with Gasteiger partial charge in [-0.25, -0.2) is 9.50 Å². The van der Waals surface area contributed by atoms with Crippen LogP contribution in [-0.2, 0) is 4.79 Å². The van der Waals surface area contributed by atoms with E-state index in [9.17, 15) is 10.1 Å². The lowest BCUT2D eigenvalue weighted by molar-refractivity contribution is -0.124.